The van der Waals surface area contributed by atoms with Gasteiger partial charge in [-0.25, -0.2) is 0 Å². The summed E-state index contributed by atoms with van der Waals surface area (Å²) in [6.45, 7) is 0. The average Bonchev–Trinajstić information content (AvgIpc) is 2.73. The Hall–Kier alpha value is -1.20. The lowest BCUT2D eigenvalue weighted by atomic mass is 10.0. The Labute approximate surface area is 117 Å². The molecule has 94 valence electrons. The molecule has 18 heavy (non-hydrogen) atoms. The molecule has 1 aromatic carbocycles. The quantitative estimate of drug-likeness (QED) is 0.841. The molecular weight excluding hydrogens is 316 g/mol. The Morgan fingerprint density at radius 1 is 1.28 bits per heavy atom. The lowest BCUT2D eigenvalue weighted by molar-refractivity contribution is -0.137. The SMILES string of the molecule is O=C(O)CCCC(=O)c1csc2c(Br)cccc12. The second-order valence-corrected chi connectivity index (χ2v) is 5.67. The molecule has 0 saturated carbocycles. The number of carboxylic acids is 1. The van der Waals surface area contributed by atoms with Crippen LogP contribution in [0.4, 0.5) is 0 Å². The minimum atomic E-state index is -0.860. The zero-order valence-corrected chi connectivity index (χ0v) is 11.9. The average molecular weight is 327 g/mol. The number of thiophene rings is 1. The van der Waals surface area contributed by atoms with Crippen LogP contribution in [0.15, 0.2) is 28.1 Å². The van der Waals surface area contributed by atoms with E-state index in [2.05, 4.69) is 15.9 Å². The van der Waals surface area contributed by atoms with Crippen LogP contribution in [0, 0.1) is 0 Å². The molecule has 0 atom stereocenters. The molecule has 1 heterocycles. The summed E-state index contributed by atoms with van der Waals surface area (Å²) in [5, 5.41) is 11.3. The maximum atomic E-state index is 12.0. The van der Waals surface area contributed by atoms with Crippen LogP contribution in [-0.4, -0.2) is 16.9 Å². The molecule has 0 fully saturated rings. The first-order valence-corrected chi connectivity index (χ1v) is 7.17. The minimum absolute atomic E-state index is 0.0144. The van der Waals surface area contributed by atoms with E-state index >= 15 is 0 Å². The molecule has 0 aliphatic rings. The highest BCUT2D eigenvalue weighted by molar-refractivity contribution is 9.10. The molecule has 5 heteroatoms. The summed E-state index contributed by atoms with van der Waals surface area (Å²) in [5.41, 5.74) is 0.696. The first kappa shape index (κ1) is 13.2. The van der Waals surface area contributed by atoms with E-state index in [1.54, 1.807) is 0 Å². The molecule has 0 saturated heterocycles. The monoisotopic (exact) mass is 326 g/mol. The van der Waals surface area contributed by atoms with Gasteiger partial charge in [-0.1, -0.05) is 12.1 Å². The van der Waals surface area contributed by atoms with Crippen LogP contribution in [-0.2, 0) is 4.79 Å². The molecule has 3 nitrogen and oxygen atoms in total. The molecule has 1 aromatic heterocycles. The van der Waals surface area contributed by atoms with E-state index < -0.39 is 5.97 Å². The van der Waals surface area contributed by atoms with E-state index in [4.69, 9.17) is 5.11 Å². The van der Waals surface area contributed by atoms with Crippen molar-refractivity contribution in [3.05, 3.63) is 33.6 Å². The first-order valence-electron chi connectivity index (χ1n) is 5.50. The number of ketones is 1. The maximum Gasteiger partial charge on any atom is 0.303 e. The van der Waals surface area contributed by atoms with E-state index in [-0.39, 0.29) is 18.6 Å². The van der Waals surface area contributed by atoms with Crippen molar-refractivity contribution in [1.29, 1.82) is 0 Å². The highest BCUT2D eigenvalue weighted by atomic mass is 79.9. The number of hydrogen-bond acceptors (Lipinski definition) is 3. The topological polar surface area (TPSA) is 54.4 Å². The van der Waals surface area contributed by atoms with Gasteiger partial charge in [0.25, 0.3) is 0 Å². The van der Waals surface area contributed by atoms with Gasteiger partial charge in [-0.05, 0) is 28.4 Å². The number of aliphatic carboxylic acids is 1. The van der Waals surface area contributed by atoms with E-state index in [0.717, 1.165) is 14.6 Å². The third kappa shape index (κ3) is 2.79. The Balaban J connectivity index is 2.18. The van der Waals surface area contributed by atoms with Gasteiger partial charge in [0.1, 0.15) is 0 Å². The maximum absolute atomic E-state index is 12.0. The van der Waals surface area contributed by atoms with Gasteiger partial charge < -0.3 is 5.11 Å². The van der Waals surface area contributed by atoms with Crippen molar-refractivity contribution in [3.63, 3.8) is 0 Å². The second kappa shape index (κ2) is 5.63. The summed E-state index contributed by atoms with van der Waals surface area (Å²) < 4.78 is 2.04. The van der Waals surface area contributed by atoms with Crippen LogP contribution in [0.5, 0.6) is 0 Å². The molecule has 0 aliphatic heterocycles. The molecule has 2 rings (SSSR count). The molecule has 0 aliphatic carbocycles. The van der Waals surface area contributed by atoms with Crippen LogP contribution in [0.25, 0.3) is 10.1 Å². The predicted molar refractivity (Wildman–Crippen MR) is 75.3 cm³/mol. The molecular formula is C13H11BrO3S. The lowest BCUT2D eigenvalue weighted by Gasteiger charge is -1.99. The summed E-state index contributed by atoms with van der Waals surface area (Å²) in [4.78, 5) is 22.4. The summed E-state index contributed by atoms with van der Waals surface area (Å²) in [7, 11) is 0. The van der Waals surface area contributed by atoms with Gasteiger partial charge in [0.15, 0.2) is 5.78 Å². The van der Waals surface area contributed by atoms with Crippen molar-refractivity contribution in [3.8, 4) is 0 Å². The summed E-state index contributed by atoms with van der Waals surface area (Å²) in [5.74, 6) is -0.846. The first-order chi connectivity index (χ1) is 8.59. The van der Waals surface area contributed by atoms with Crippen molar-refractivity contribution in [2.24, 2.45) is 0 Å². The van der Waals surface area contributed by atoms with E-state index in [1.807, 2.05) is 23.6 Å². The normalized spacial score (nSPS) is 10.7. The lowest BCUT2D eigenvalue weighted by Crippen LogP contribution is -2.01. The Morgan fingerprint density at radius 3 is 2.78 bits per heavy atom. The number of halogens is 1. The number of hydrogen-bond donors (Lipinski definition) is 1. The molecule has 0 spiro atoms. The van der Waals surface area contributed by atoms with E-state index in [1.165, 1.54) is 11.3 Å². The highest BCUT2D eigenvalue weighted by Gasteiger charge is 2.13. The molecule has 2 aromatic rings. The highest BCUT2D eigenvalue weighted by Crippen LogP contribution is 2.32. The van der Waals surface area contributed by atoms with Crippen molar-refractivity contribution in [2.45, 2.75) is 19.3 Å². The van der Waals surface area contributed by atoms with Crippen LogP contribution in [0.3, 0.4) is 0 Å². The van der Waals surface area contributed by atoms with Crippen LogP contribution >= 0.6 is 27.3 Å². The minimum Gasteiger partial charge on any atom is -0.481 e. The van der Waals surface area contributed by atoms with E-state index in [9.17, 15) is 9.59 Å². The van der Waals surface area contributed by atoms with E-state index in [0.29, 0.717) is 12.0 Å². The third-order valence-corrected chi connectivity index (χ3v) is 4.60. The van der Waals surface area contributed by atoms with Crippen LogP contribution in [0.2, 0.25) is 0 Å². The van der Waals surface area contributed by atoms with Crippen LogP contribution in [0.1, 0.15) is 29.6 Å². The Bertz CT molecular complexity index is 603. The Morgan fingerprint density at radius 2 is 2.06 bits per heavy atom. The number of carbonyl (C=O) groups excluding carboxylic acids is 1. The van der Waals surface area contributed by atoms with Gasteiger partial charge in [0.05, 0.1) is 0 Å². The number of rotatable bonds is 5. The molecule has 0 radical (unpaired) electrons. The number of carbonyl (C=O) groups is 2. The number of carboxylic acid groups (broad SMARTS) is 1. The van der Waals surface area contributed by atoms with Crippen molar-refractivity contribution < 1.29 is 14.7 Å². The van der Waals surface area contributed by atoms with Crippen LogP contribution < -0.4 is 0 Å². The standard InChI is InChI=1S/C13H11BrO3S/c14-10-4-1-3-8-9(7-18-13(8)10)11(15)5-2-6-12(16)17/h1,3-4,7H,2,5-6H2,(H,16,17). The molecule has 1 N–H and O–H groups in total. The van der Waals surface area contributed by atoms with Crippen molar-refractivity contribution >= 4 is 49.1 Å². The van der Waals surface area contributed by atoms with Gasteiger partial charge in [0, 0.05) is 38.3 Å². The fourth-order valence-electron chi connectivity index (χ4n) is 1.77. The summed E-state index contributed by atoms with van der Waals surface area (Å²) in [6, 6.07) is 5.76. The summed E-state index contributed by atoms with van der Waals surface area (Å²) >= 11 is 4.98. The zero-order chi connectivity index (χ0) is 13.1. The smallest absolute Gasteiger partial charge is 0.303 e. The van der Waals surface area contributed by atoms with Gasteiger partial charge in [0.2, 0.25) is 0 Å². The molecule has 0 amide bonds. The predicted octanol–water partition coefficient (Wildman–Crippen LogP) is 4.10. The second-order valence-electron chi connectivity index (χ2n) is 3.94. The third-order valence-electron chi connectivity index (χ3n) is 2.65. The number of benzene rings is 1. The van der Waals surface area contributed by atoms with Crippen molar-refractivity contribution in [1.82, 2.24) is 0 Å². The Kier molecular flexibility index (Phi) is 4.14. The summed E-state index contributed by atoms with van der Waals surface area (Å²) in [6.07, 6.45) is 0.710. The fourth-order valence-corrected chi connectivity index (χ4v) is 3.40. The number of fused-ring (bicyclic) bond motifs is 1. The van der Waals surface area contributed by atoms with Gasteiger partial charge in [-0.2, -0.15) is 0 Å². The van der Waals surface area contributed by atoms with Gasteiger partial charge in [-0.15, -0.1) is 11.3 Å². The number of Topliss-reactive ketones (excluding diaryl/α,β-unsaturated/α-hetero) is 1. The largest absolute Gasteiger partial charge is 0.481 e. The molecule has 0 bridgehead atoms. The van der Waals surface area contributed by atoms with Gasteiger partial charge in [-0.3, -0.25) is 9.59 Å². The van der Waals surface area contributed by atoms with Crippen molar-refractivity contribution in [2.75, 3.05) is 0 Å². The van der Waals surface area contributed by atoms with Gasteiger partial charge >= 0.3 is 5.97 Å². The molecule has 0 unspecified atom stereocenters. The fraction of sp³-hybridized carbons (Fsp3) is 0.231. The zero-order valence-electron chi connectivity index (χ0n) is 9.48.